The average molecular weight is 260 g/mol. The second kappa shape index (κ2) is 4.78. The molecule has 3 atom stereocenters. The van der Waals surface area contributed by atoms with E-state index >= 15 is 0 Å². The molecule has 4 heteroatoms. The number of hydrogen-bond donors (Lipinski definition) is 0. The molecule has 3 aliphatic rings. The second-order valence-corrected chi connectivity index (χ2v) is 5.55. The molecule has 0 amide bonds. The van der Waals surface area contributed by atoms with E-state index in [-0.39, 0.29) is 0 Å². The Balaban J connectivity index is 1.48. The number of benzene rings is 1. The Labute approximate surface area is 113 Å². The molecular weight excluding hydrogens is 242 g/mol. The largest absolute Gasteiger partial charge is 0.373 e. The van der Waals surface area contributed by atoms with Crippen molar-refractivity contribution in [3.05, 3.63) is 29.8 Å². The molecule has 0 N–H and O–H groups in total. The van der Waals surface area contributed by atoms with Crippen molar-refractivity contribution < 1.29 is 14.2 Å². The quantitative estimate of drug-likeness (QED) is 0.687. The Morgan fingerprint density at radius 1 is 1.05 bits per heavy atom. The van der Waals surface area contributed by atoms with Crippen LogP contribution in [0.3, 0.4) is 0 Å². The molecule has 1 aromatic rings. The van der Waals surface area contributed by atoms with Gasteiger partial charge in [0, 0.05) is 25.2 Å². The fraction of sp³-hybridized carbons (Fsp3) is 0.600. The summed E-state index contributed by atoms with van der Waals surface area (Å²) >= 11 is 0. The highest BCUT2D eigenvalue weighted by atomic mass is 16.6. The van der Waals surface area contributed by atoms with Crippen LogP contribution in [0.25, 0.3) is 0 Å². The van der Waals surface area contributed by atoms with Gasteiger partial charge in [-0.1, -0.05) is 6.07 Å². The van der Waals surface area contributed by atoms with Crippen LogP contribution < -0.4 is 4.90 Å². The first-order valence-corrected chi connectivity index (χ1v) is 6.97. The van der Waals surface area contributed by atoms with Gasteiger partial charge in [0.2, 0.25) is 0 Å². The number of ether oxygens (including phenoxy) is 3. The minimum absolute atomic E-state index is 0.401. The third-order valence-electron chi connectivity index (χ3n) is 3.71. The second-order valence-electron chi connectivity index (χ2n) is 5.55. The van der Waals surface area contributed by atoms with Crippen LogP contribution in [0.5, 0.6) is 0 Å². The van der Waals surface area contributed by atoms with Crippen LogP contribution in [0, 0.1) is 6.07 Å². The summed E-state index contributed by atoms with van der Waals surface area (Å²) in [7, 11) is 0. The number of anilines is 1. The summed E-state index contributed by atoms with van der Waals surface area (Å²) in [4.78, 5) is 2.38. The van der Waals surface area contributed by atoms with E-state index in [1.165, 1.54) is 11.3 Å². The molecule has 3 fully saturated rings. The van der Waals surface area contributed by atoms with Crippen LogP contribution in [0.2, 0.25) is 0 Å². The van der Waals surface area contributed by atoms with Crippen molar-refractivity contribution in [3.63, 3.8) is 0 Å². The predicted octanol–water partition coefficient (Wildman–Crippen LogP) is 1.03. The van der Waals surface area contributed by atoms with E-state index in [9.17, 15) is 0 Å². The standard InChI is InChI=1S/C15H18NO3/c1-2-11(5-13-8-17-13)4-12(3-1)16(6-14-9-18-14)7-15-10-19-15/h1,3-4,13-15H,5-10H2. The number of epoxide rings is 3. The van der Waals surface area contributed by atoms with Crippen LogP contribution in [0.1, 0.15) is 5.56 Å². The van der Waals surface area contributed by atoms with Crippen LogP contribution in [0.4, 0.5) is 5.69 Å². The summed E-state index contributed by atoms with van der Waals surface area (Å²) in [6.45, 7) is 4.60. The lowest BCUT2D eigenvalue weighted by Crippen LogP contribution is -2.31. The lowest BCUT2D eigenvalue weighted by Gasteiger charge is -2.23. The van der Waals surface area contributed by atoms with E-state index in [2.05, 4.69) is 23.1 Å². The molecule has 1 radical (unpaired) electrons. The molecule has 0 aromatic heterocycles. The highest BCUT2D eigenvalue weighted by Gasteiger charge is 2.31. The predicted molar refractivity (Wildman–Crippen MR) is 70.4 cm³/mol. The first kappa shape index (κ1) is 11.7. The van der Waals surface area contributed by atoms with E-state index in [1.807, 2.05) is 6.07 Å². The average Bonchev–Trinajstić information content (AvgIpc) is 3.23. The molecule has 0 aliphatic carbocycles. The normalized spacial score (nSPS) is 31.1. The van der Waals surface area contributed by atoms with Crippen molar-refractivity contribution in [1.29, 1.82) is 0 Å². The van der Waals surface area contributed by atoms with Crippen LogP contribution in [-0.2, 0) is 20.6 Å². The summed E-state index contributed by atoms with van der Waals surface area (Å²) in [5, 5.41) is 0. The third-order valence-corrected chi connectivity index (χ3v) is 3.71. The first-order valence-electron chi connectivity index (χ1n) is 6.97. The van der Waals surface area contributed by atoms with E-state index < -0.39 is 0 Å². The monoisotopic (exact) mass is 260 g/mol. The maximum atomic E-state index is 5.36. The fourth-order valence-corrected chi connectivity index (χ4v) is 2.37. The maximum Gasteiger partial charge on any atom is 0.0984 e. The molecule has 0 saturated carbocycles. The van der Waals surface area contributed by atoms with E-state index in [1.54, 1.807) is 0 Å². The van der Waals surface area contributed by atoms with Gasteiger partial charge in [-0.2, -0.15) is 0 Å². The van der Waals surface area contributed by atoms with Crippen LogP contribution >= 0.6 is 0 Å². The number of nitrogens with zero attached hydrogens (tertiary/aromatic N) is 1. The molecule has 101 valence electrons. The highest BCUT2D eigenvalue weighted by Crippen LogP contribution is 2.25. The minimum Gasteiger partial charge on any atom is -0.373 e. The van der Waals surface area contributed by atoms with Crippen LogP contribution in [-0.4, -0.2) is 51.2 Å². The summed E-state index contributed by atoms with van der Waals surface area (Å²) in [5.74, 6) is 0. The lowest BCUT2D eigenvalue weighted by molar-refractivity contribution is 0.389. The first-order chi connectivity index (χ1) is 9.37. The number of hydrogen-bond acceptors (Lipinski definition) is 4. The van der Waals surface area contributed by atoms with Crippen LogP contribution in [0.15, 0.2) is 18.2 Å². The summed E-state index contributed by atoms with van der Waals surface area (Å²) in [6.07, 6.45) is 2.19. The Morgan fingerprint density at radius 2 is 1.68 bits per heavy atom. The lowest BCUT2D eigenvalue weighted by atomic mass is 10.1. The Bertz CT molecular complexity index is 438. The summed E-state index contributed by atoms with van der Waals surface area (Å²) < 4.78 is 16.0. The zero-order chi connectivity index (χ0) is 12.7. The molecule has 3 unspecified atom stereocenters. The van der Waals surface area contributed by atoms with E-state index in [0.717, 1.165) is 39.3 Å². The maximum absolute atomic E-state index is 5.36. The van der Waals surface area contributed by atoms with E-state index in [4.69, 9.17) is 14.2 Å². The van der Waals surface area contributed by atoms with Crippen molar-refractivity contribution in [2.45, 2.75) is 24.7 Å². The van der Waals surface area contributed by atoms with Crippen molar-refractivity contribution in [2.24, 2.45) is 0 Å². The molecule has 4 rings (SSSR count). The van der Waals surface area contributed by atoms with Gasteiger partial charge in [-0.25, -0.2) is 0 Å². The fourth-order valence-electron chi connectivity index (χ4n) is 2.37. The molecule has 3 saturated heterocycles. The molecule has 0 spiro atoms. The van der Waals surface area contributed by atoms with Gasteiger partial charge < -0.3 is 19.1 Å². The Hall–Kier alpha value is -1.10. The van der Waals surface area contributed by atoms with Gasteiger partial charge >= 0.3 is 0 Å². The Kier molecular flexibility index (Phi) is 2.94. The minimum atomic E-state index is 0.401. The molecule has 19 heavy (non-hydrogen) atoms. The molecular formula is C15H18NO3. The van der Waals surface area contributed by atoms with Gasteiger partial charge in [0.1, 0.15) is 0 Å². The smallest absolute Gasteiger partial charge is 0.0984 e. The van der Waals surface area contributed by atoms with Crippen molar-refractivity contribution in [3.8, 4) is 0 Å². The molecule has 0 bridgehead atoms. The molecule has 3 heterocycles. The van der Waals surface area contributed by atoms with Gasteiger partial charge in [0.15, 0.2) is 0 Å². The van der Waals surface area contributed by atoms with Gasteiger partial charge in [-0.05, 0) is 23.8 Å². The van der Waals surface area contributed by atoms with Crippen molar-refractivity contribution in [2.75, 3.05) is 37.8 Å². The van der Waals surface area contributed by atoms with Gasteiger partial charge in [0.05, 0.1) is 38.1 Å². The zero-order valence-electron chi connectivity index (χ0n) is 10.9. The highest BCUT2D eigenvalue weighted by molar-refractivity contribution is 5.49. The van der Waals surface area contributed by atoms with Gasteiger partial charge in [0.25, 0.3) is 0 Å². The van der Waals surface area contributed by atoms with Crippen molar-refractivity contribution in [1.82, 2.24) is 0 Å². The van der Waals surface area contributed by atoms with Crippen molar-refractivity contribution >= 4 is 5.69 Å². The zero-order valence-corrected chi connectivity index (χ0v) is 10.9. The summed E-state index contributed by atoms with van der Waals surface area (Å²) in [6, 6.07) is 9.67. The topological polar surface area (TPSA) is 40.8 Å². The Morgan fingerprint density at radius 3 is 2.26 bits per heavy atom. The molecule has 1 aromatic carbocycles. The van der Waals surface area contributed by atoms with E-state index in [0.29, 0.717) is 18.3 Å². The third kappa shape index (κ3) is 3.26. The SMILES string of the molecule is [c]1ccc(N(CC2CO2)CC2CO2)cc1CC1CO1. The number of rotatable bonds is 7. The molecule has 4 nitrogen and oxygen atoms in total. The molecule has 3 aliphatic heterocycles. The summed E-state index contributed by atoms with van der Waals surface area (Å²) in [5.41, 5.74) is 2.49. The van der Waals surface area contributed by atoms with Gasteiger partial charge in [-0.15, -0.1) is 0 Å². The van der Waals surface area contributed by atoms with Gasteiger partial charge in [-0.3, -0.25) is 0 Å².